The van der Waals surface area contributed by atoms with Gasteiger partial charge in [-0.05, 0) is 55.7 Å². The van der Waals surface area contributed by atoms with Crippen LogP contribution in [0.4, 0.5) is 0 Å². The number of benzene rings is 3. The second-order valence-corrected chi connectivity index (χ2v) is 10.2. The second-order valence-electron chi connectivity index (χ2n) is 10.2. The van der Waals surface area contributed by atoms with Gasteiger partial charge in [-0.15, -0.1) is 5.10 Å². The van der Waals surface area contributed by atoms with E-state index in [0.717, 1.165) is 42.3 Å². The first-order valence-electron chi connectivity index (χ1n) is 13.6. The summed E-state index contributed by atoms with van der Waals surface area (Å²) in [6.45, 7) is 2.15. The average Bonchev–Trinajstić information content (AvgIpc) is 3.64. The Morgan fingerprint density at radius 1 is 1.02 bits per heavy atom. The number of nitrogens with one attached hydrogen (secondary N) is 1. The third kappa shape index (κ3) is 5.93. The van der Waals surface area contributed by atoms with Crippen molar-refractivity contribution in [1.29, 1.82) is 0 Å². The van der Waals surface area contributed by atoms with E-state index in [1.807, 2.05) is 55.5 Å². The lowest BCUT2D eigenvalue weighted by molar-refractivity contribution is -0.142. The maximum absolute atomic E-state index is 14.2. The molecule has 1 saturated carbocycles. The average molecular weight is 542 g/mol. The quantitative estimate of drug-likeness (QED) is 0.316. The Labute approximate surface area is 234 Å². The number of fused-ring (bicyclic) bond motifs is 1. The van der Waals surface area contributed by atoms with Gasteiger partial charge < -0.3 is 19.7 Å². The zero-order valence-electron chi connectivity index (χ0n) is 23.2. The number of aryl methyl sites for hydroxylation is 1. The summed E-state index contributed by atoms with van der Waals surface area (Å²) < 4.78 is 12.8. The van der Waals surface area contributed by atoms with Gasteiger partial charge in [0.05, 0.1) is 19.7 Å². The minimum absolute atomic E-state index is 0.0715. The maximum Gasteiger partial charge on any atom is 0.247 e. The lowest BCUT2D eigenvalue weighted by Crippen LogP contribution is -2.46. The Bertz CT molecular complexity index is 1480. The standard InChI is InChI=1S/C31H35N5O4/c1-21-12-14-22(15-13-21)19-35(29(37)20-36-27-11-7-6-10-26(27)33-34-36)30(31(38)32-23-8-4-5-9-23)25-18-24(39-2)16-17-28(25)40-3/h6-7,10-18,23,30H,4-5,8-9,19-20H2,1-3H3,(H,32,38). The Morgan fingerprint density at radius 3 is 2.50 bits per heavy atom. The first-order chi connectivity index (χ1) is 19.5. The van der Waals surface area contributed by atoms with Crippen molar-refractivity contribution in [2.75, 3.05) is 14.2 Å². The molecule has 9 heteroatoms. The summed E-state index contributed by atoms with van der Waals surface area (Å²) in [6.07, 6.45) is 3.99. The van der Waals surface area contributed by atoms with Gasteiger partial charge in [0.25, 0.3) is 0 Å². The molecule has 1 unspecified atom stereocenters. The molecule has 1 heterocycles. The number of para-hydroxylation sites is 1. The van der Waals surface area contributed by atoms with Gasteiger partial charge >= 0.3 is 0 Å². The van der Waals surface area contributed by atoms with E-state index in [9.17, 15) is 9.59 Å². The molecule has 3 aromatic carbocycles. The van der Waals surface area contributed by atoms with E-state index in [1.165, 1.54) is 0 Å². The summed E-state index contributed by atoms with van der Waals surface area (Å²) in [4.78, 5) is 30.0. The summed E-state index contributed by atoms with van der Waals surface area (Å²) in [5, 5.41) is 11.7. The third-order valence-corrected chi connectivity index (χ3v) is 7.49. The van der Waals surface area contributed by atoms with Crippen LogP contribution in [0.15, 0.2) is 66.7 Å². The minimum Gasteiger partial charge on any atom is -0.497 e. The van der Waals surface area contributed by atoms with Gasteiger partial charge in [0.2, 0.25) is 11.8 Å². The number of methoxy groups -OCH3 is 2. The molecule has 1 atom stereocenters. The second kappa shape index (κ2) is 12.2. The smallest absolute Gasteiger partial charge is 0.247 e. The molecule has 1 fully saturated rings. The van der Waals surface area contributed by atoms with Crippen LogP contribution in [0, 0.1) is 6.92 Å². The molecule has 9 nitrogen and oxygen atoms in total. The number of carbonyl (C=O) groups is 2. The van der Waals surface area contributed by atoms with Crippen LogP contribution < -0.4 is 14.8 Å². The SMILES string of the molecule is COc1ccc(OC)c(C(C(=O)NC2CCCC2)N(Cc2ccc(C)cc2)C(=O)Cn2nnc3ccccc32)c1. The fraction of sp³-hybridized carbons (Fsp3) is 0.355. The van der Waals surface area contributed by atoms with Crippen LogP contribution in [-0.2, 0) is 22.7 Å². The van der Waals surface area contributed by atoms with E-state index < -0.39 is 6.04 Å². The van der Waals surface area contributed by atoms with E-state index in [0.29, 0.717) is 22.6 Å². The number of nitrogens with zero attached hydrogens (tertiary/aromatic N) is 4. The molecule has 4 aromatic rings. The number of hydrogen-bond donors (Lipinski definition) is 1. The van der Waals surface area contributed by atoms with Crippen molar-refractivity contribution in [3.63, 3.8) is 0 Å². The first kappa shape index (κ1) is 27.2. The molecule has 1 N–H and O–H groups in total. The number of rotatable bonds is 10. The summed E-state index contributed by atoms with van der Waals surface area (Å²) >= 11 is 0. The predicted octanol–water partition coefficient (Wildman–Crippen LogP) is 4.59. The van der Waals surface area contributed by atoms with Crippen LogP contribution in [0.2, 0.25) is 0 Å². The van der Waals surface area contributed by atoms with Crippen LogP contribution in [-0.4, -0.2) is 52.0 Å². The van der Waals surface area contributed by atoms with Crippen molar-refractivity contribution in [2.45, 2.75) is 57.8 Å². The normalized spacial score (nSPS) is 14.2. The van der Waals surface area contributed by atoms with Crippen LogP contribution >= 0.6 is 0 Å². The lowest BCUT2D eigenvalue weighted by atomic mass is 10.00. The molecule has 1 aliphatic carbocycles. The highest BCUT2D eigenvalue weighted by Gasteiger charge is 2.36. The van der Waals surface area contributed by atoms with E-state index in [4.69, 9.17) is 9.47 Å². The zero-order valence-corrected chi connectivity index (χ0v) is 23.2. The van der Waals surface area contributed by atoms with Gasteiger partial charge in [-0.3, -0.25) is 9.59 Å². The molecule has 2 amide bonds. The van der Waals surface area contributed by atoms with Gasteiger partial charge in [-0.1, -0.05) is 60.0 Å². The molecule has 208 valence electrons. The van der Waals surface area contributed by atoms with E-state index in [1.54, 1.807) is 42.0 Å². The van der Waals surface area contributed by atoms with E-state index in [2.05, 4.69) is 15.6 Å². The highest BCUT2D eigenvalue weighted by molar-refractivity contribution is 5.90. The fourth-order valence-electron chi connectivity index (χ4n) is 5.32. The number of hydrogen-bond acceptors (Lipinski definition) is 6. The number of ether oxygens (including phenoxy) is 2. The molecule has 0 aliphatic heterocycles. The Hall–Kier alpha value is -4.40. The number of carbonyl (C=O) groups excluding carboxylic acids is 2. The van der Waals surface area contributed by atoms with E-state index in [-0.39, 0.29) is 30.9 Å². The largest absolute Gasteiger partial charge is 0.497 e. The monoisotopic (exact) mass is 541 g/mol. The predicted molar refractivity (Wildman–Crippen MR) is 152 cm³/mol. The van der Waals surface area contributed by atoms with Crippen molar-refractivity contribution in [1.82, 2.24) is 25.2 Å². The number of amides is 2. The summed E-state index contributed by atoms with van der Waals surface area (Å²) in [6, 6.07) is 19.9. The molecule has 5 rings (SSSR count). The van der Waals surface area contributed by atoms with Crippen molar-refractivity contribution >= 4 is 22.8 Å². The van der Waals surface area contributed by atoms with Crippen molar-refractivity contribution in [3.05, 3.63) is 83.4 Å². The summed E-state index contributed by atoms with van der Waals surface area (Å²) in [5.74, 6) is 0.551. The molecular formula is C31H35N5O4. The molecule has 0 saturated heterocycles. The highest BCUT2D eigenvalue weighted by atomic mass is 16.5. The lowest BCUT2D eigenvalue weighted by Gasteiger charge is -2.33. The topological polar surface area (TPSA) is 98.6 Å². The zero-order chi connectivity index (χ0) is 28.1. The van der Waals surface area contributed by atoms with Crippen molar-refractivity contribution in [2.24, 2.45) is 0 Å². The van der Waals surface area contributed by atoms with Gasteiger partial charge in [0, 0.05) is 18.2 Å². The first-order valence-corrected chi connectivity index (χ1v) is 13.6. The van der Waals surface area contributed by atoms with Crippen LogP contribution in [0.3, 0.4) is 0 Å². The molecule has 0 spiro atoms. The van der Waals surface area contributed by atoms with E-state index >= 15 is 0 Å². The minimum atomic E-state index is -0.964. The molecule has 1 aromatic heterocycles. The van der Waals surface area contributed by atoms with Gasteiger partial charge in [-0.25, -0.2) is 4.68 Å². The van der Waals surface area contributed by atoms with Crippen LogP contribution in [0.25, 0.3) is 11.0 Å². The Balaban J connectivity index is 1.59. The third-order valence-electron chi connectivity index (χ3n) is 7.49. The van der Waals surface area contributed by atoms with Crippen LogP contribution in [0.1, 0.15) is 48.4 Å². The van der Waals surface area contributed by atoms with Gasteiger partial charge in [-0.2, -0.15) is 0 Å². The molecule has 1 aliphatic rings. The molecule has 0 bridgehead atoms. The Morgan fingerprint density at radius 2 is 1.77 bits per heavy atom. The van der Waals surface area contributed by atoms with Crippen LogP contribution in [0.5, 0.6) is 11.5 Å². The maximum atomic E-state index is 14.2. The van der Waals surface area contributed by atoms with Gasteiger partial charge in [0.1, 0.15) is 29.6 Å². The molecule has 40 heavy (non-hydrogen) atoms. The molecular weight excluding hydrogens is 506 g/mol. The summed E-state index contributed by atoms with van der Waals surface area (Å²) in [5.41, 5.74) is 4.02. The number of aromatic nitrogens is 3. The van der Waals surface area contributed by atoms with Crippen molar-refractivity contribution < 1.29 is 19.1 Å². The van der Waals surface area contributed by atoms with Crippen molar-refractivity contribution in [3.8, 4) is 11.5 Å². The Kier molecular flexibility index (Phi) is 8.28. The highest BCUT2D eigenvalue weighted by Crippen LogP contribution is 2.35. The summed E-state index contributed by atoms with van der Waals surface area (Å²) in [7, 11) is 3.13. The molecule has 0 radical (unpaired) electrons. The fourth-order valence-corrected chi connectivity index (χ4v) is 5.32. The van der Waals surface area contributed by atoms with Gasteiger partial charge in [0.15, 0.2) is 0 Å².